The number of Topliss-reactive ketones (excluding diaryl/α,β-unsaturated/α-hetero) is 2. The average molecular weight is 273 g/mol. The van der Waals surface area contributed by atoms with Gasteiger partial charge in [0.1, 0.15) is 5.69 Å². The van der Waals surface area contributed by atoms with Crippen molar-refractivity contribution in [2.24, 2.45) is 0 Å². The van der Waals surface area contributed by atoms with E-state index >= 15 is 0 Å². The first-order chi connectivity index (χ1) is 9.49. The van der Waals surface area contributed by atoms with E-state index in [1.54, 1.807) is 6.92 Å². The first kappa shape index (κ1) is 13.2. The maximum atomic E-state index is 12.6. The number of hydrogen-bond donors (Lipinski definition) is 0. The van der Waals surface area contributed by atoms with E-state index in [1.807, 2.05) is 6.92 Å². The van der Waals surface area contributed by atoms with E-state index in [0.717, 1.165) is 30.6 Å². The van der Waals surface area contributed by atoms with Crippen LogP contribution < -0.4 is 0 Å². The molecule has 2 aliphatic rings. The van der Waals surface area contributed by atoms with Crippen molar-refractivity contribution in [3.05, 3.63) is 33.8 Å². The third-order valence-electron chi connectivity index (χ3n) is 4.58. The summed E-state index contributed by atoms with van der Waals surface area (Å²) in [5.41, 5.74) is 3.65. The highest BCUT2D eigenvalue weighted by Crippen LogP contribution is 2.39. The van der Waals surface area contributed by atoms with Crippen LogP contribution in [0.3, 0.4) is 0 Å². The van der Waals surface area contributed by atoms with E-state index in [2.05, 4.69) is 11.5 Å². The third-order valence-corrected chi connectivity index (χ3v) is 4.58. The fraction of sp³-hybridized carbons (Fsp3) is 0.500. The number of hydrogen-bond acceptors (Lipinski definition) is 3. The summed E-state index contributed by atoms with van der Waals surface area (Å²) >= 11 is 0. The van der Waals surface area contributed by atoms with Crippen LogP contribution in [0.2, 0.25) is 0 Å². The minimum absolute atomic E-state index is 0.0695. The molecule has 0 N–H and O–H groups in total. The summed E-state index contributed by atoms with van der Waals surface area (Å²) in [5, 5.41) is 0. The molecular weight excluding hydrogens is 254 g/mol. The number of methoxy groups -OCH3 is 1. The summed E-state index contributed by atoms with van der Waals surface area (Å²) in [6.45, 7) is 6.61. The molecule has 1 aliphatic carbocycles. The minimum atomic E-state index is -0.147. The summed E-state index contributed by atoms with van der Waals surface area (Å²) in [4.78, 5) is 25.2. The van der Waals surface area contributed by atoms with Crippen LogP contribution in [0.25, 0.3) is 0 Å². The lowest BCUT2D eigenvalue weighted by molar-refractivity contribution is 0.0901. The van der Waals surface area contributed by atoms with Crippen LogP contribution in [0, 0.1) is 6.92 Å². The minimum Gasteiger partial charge on any atom is -0.492 e. The van der Waals surface area contributed by atoms with E-state index in [9.17, 15) is 9.59 Å². The van der Waals surface area contributed by atoms with Crippen molar-refractivity contribution in [2.45, 2.75) is 46.1 Å². The Labute approximate surface area is 118 Å². The fourth-order valence-electron chi connectivity index (χ4n) is 3.65. The molecule has 4 heteroatoms. The Hall–Kier alpha value is -1.84. The van der Waals surface area contributed by atoms with Gasteiger partial charge in [-0.3, -0.25) is 9.59 Å². The number of nitrogens with zero attached hydrogens (tertiary/aromatic N) is 1. The predicted octanol–water partition coefficient (Wildman–Crippen LogP) is 2.99. The van der Waals surface area contributed by atoms with Gasteiger partial charge in [-0.05, 0) is 38.2 Å². The van der Waals surface area contributed by atoms with Gasteiger partial charge < -0.3 is 9.30 Å². The van der Waals surface area contributed by atoms with Gasteiger partial charge in [0.2, 0.25) is 11.6 Å². The Morgan fingerprint density at radius 1 is 1.20 bits per heavy atom. The lowest BCUT2D eigenvalue weighted by Gasteiger charge is -2.24. The lowest BCUT2D eigenvalue weighted by Crippen LogP contribution is -2.25. The number of aromatic nitrogens is 1. The van der Waals surface area contributed by atoms with Crippen LogP contribution in [-0.2, 0) is 11.3 Å². The molecule has 1 aliphatic heterocycles. The van der Waals surface area contributed by atoms with Gasteiger partial charge in [0.25, 0.3) is 0 Å². The SMILES string of the molecule is COC1=C(C)C(=O)c2c(c(C)c3n2CCCC3C)C1=O. The second-order valence-corrected chi connectivity index (χ2v) is 5.75. The van der Waals surface area contributed by atoms with Crippen LogP contribution in [0.1, 0.15) is 64.7 Å². The Balaban J connectivity index is 2.32. The van der Waals surface area contributed by atoms with Crippen molar-refractivity contribution in [3.63, 3.8) is 0 Å². The van der Waals surface area contributed by atoms with Crippen LogP contribution in [0.4, 0.5) is 0 Å². The molecule has 0 fully saturated rings. The van der Waals surface area contributed by atoms with Gasteiger partial charge in [0.05, 0.1) is 12.7 Å². The molecule has 20 heavy (non-hydrogen) atoms. The molecule has 0 aromatic carbocycles. The average Bonchev–Trinajstić information content (AvgIpc) is 2.72. The molecule has 0 amide bonds. The van der Waals surface area contributed by atoms with Crippen molar-refractivity contribution in [1.29, 1.82) is 0 Å². The van der Waals surface area contributed by atoms with Crippen LogP contribution in [-0.4, -0.2) is 23.2 Å². The molecule has 4 nitrogen and oxygen atoms in total. The highest BCUT2D eigenvalue weighted by Gasteiger charge is 2.39. The number of carbonyl (C=O) groups is 2. The van der Waals surface area contributed by atoms with Crippen molar-refractivity contribution in [2.75, 3.05) is 7.11 Å². The van der Waals surface area contributed by atoms with E-state index in [4.69, 9.17) is 4.74 Å². The van der Waals surface area contributed by atoms with Gasteiger partial charge in [-0.15, -0.1) is 0 Å². The Morgan fingerprint density at radius 3 is 2.55 bits per heavy atom. The summed E-state index contributed by atoms with van der Waals surface area (Å²) in [6, 6.07) is 0. The molecule has 0 saturated carbocycles. The maximum Gasteiger partial charge on any atom is 0.230 e. The highest BCUT2D eigenvalue weighted by atomic mass is 16.5. The molecule has 0 bridgehead atoms. The molecule has 1 aromatic rings. The van der Waals surface area contributed by atoms with Gasteiger partial charge in [0, 0.05) is 17.8 Å². The molecule has 0 radical (unpaired) electrons. The van der Waals surface area contributed by atoms with E-state index < -0.39 is 0 Å². The maximum absolute atomic E-state index is 12.6. The zero-order chi connectivity index (χ0) is 14.6. The van der Waals surface area contributed by atoms with Crippen LogP contribution >= 0.6 is 0 Å². The van der Waals surface area contributed by atoms with Crippen molar-refractivity contribution < 1.29 is 14.3 Å². The van der Waals surface area contributed by atoms with Gasteiger partial charge in [-0.1, -0.05) is 6.92 Å². The number of ketones is 2. The number of allylic oxidation sites excluding steroid dienone is 2. The molecule has 0 spiro atoms. The van der Waals surface area contributed by atoms with Gasteiger partial charge in [0.15, 0.2) is 5.76 Å². The number of ether oxygens (including phenoxy) is 1. The van der Waals surface area contributed by atoms with Crippen molar-refractivity contribution >= 4 is 11.6 Å². The second kappa shape index (κ2) is 4.33. The number of carbonyl (C=O) groups excluding carboxylic acids is 2. The Kier molecular flexibility index (Phi) is 2.85. The Morgan fingerprint density at radius 2 is 1.90 bits per heavy atom. The van der Waals surface area contributed by atoms with Crippen molar-refractivity contribution in [3.8, 4) is 0 Å². The first-order valence-corrected chi connectivity index (χ1v) is 7.06. The molecule has 106 valence electrons. The monoisotopic (exact) mass is 273 g/mol. The number of fused-ring (bicyclic) bond motifs is 3. The quantitative estimate of drug-likeness (QED) is 0.790. The summed E-state index contributed by atoms with van der Waals surface area (Å²) in [6.07, 6.45) is 2.16. The van der Waals surface area contributed by atoms with Crippen molar-refractivity contribution in [1.82, 2.24) is 4.57 Å². The van der Waals surface area contributed by atoms with Gasteiger partial charge in [-0.2, -0.15) is 0 Å². The first-order valence-electron chi connectivity index (χ1n) is 7.06. The largest absolute Gasteiger partial charge is 0.492 e. The fourth-order valence-corrected chi connectivity index (χ4v) is 3.65. The van der Waals surface area contributed by atoms with E-state index in [-0.39, 0.29) is 17.3 Å². The second-order valence-electron chi connectivity index (χ2n) is 5.75. The summed E-state index contributed by atoms with van der Waals surface area (Å²) < 4.78 is 7.22. The molecule has 1 unspecified atom stereocenters. The van der Waals surface area contributed by atoms with Crippen LogP contribution in [0.15, 0.2) is 11.3 Å². The summed E-state index contributed by atoms with van der Waals surface area (Å²) in [7, 11) is 1.45. The van der Waals surface area contributed by atoms with E-state index in [0.29, 0.717) is 22.7 Å². The predicted molar refractivity (Wildman–Crippen MR) is 75.2 cm³/mol. The normalized spacial score (nSPS) is 21.9. The molecule has 0 saturated heterocycles. The van der Waals surface area contributed by atoms with Gasteiger partial charge in [-0.25, -0.2) is 0 Å². The zero-order valence-corrected chi connectivity index (χ0v) is 12.4. The Bertz CT molecular complexity index is 664. The summed E-state index contributed by atoms with van der Waals surface area (Å²) in [5.74, 6) is 0.369. The van der Waals surface area contributed by atoms with Gasteiger partial charge >= 0.3 is 0 Å². The molecule has 1 aromatic heterocycles. The smallest absolute Gasteiger partial charge is 0.230 e. The molecular formula is C16H19NO3. The van der Waals surface area contributed by atoms with Crippen LogP contribution in [0.5, 0.6) is 0 Å². The topological polar surface area (TPSA) is 48.3 Å². The molecule has 1 atom stereocenters. The standard InChI is InChI=1S/C16H19NO3/c1-8-6-5-7-17-12(8)9(2)11-13(17)14(18)10(3)16(20-4)15(11)19/h8H,5-7H2,1-4H3. The zero-order valence-electron chi connectivity index (χ0n) is 12.4. The lowest BCUT2D eigenvalue weighted by atomic mass is 9.90. The van der Waals surface area contributed by atoms with E-state index in [1.165, 1.54) is 7.11 Å². The molecule has 2 heterocycles. The molecule has 3 rings (SSSR count). The third kappa shape index (κ3) is 1.48. The highest BCUT2D eigenvalue weighted by molar-refractivity contribution is 6.26. The number of rotatable bonds is 1.